The van der Waals surface area contributed by atoms with Gasteiger partial charge < -0.3 is 9.76 Å². The van der Waals surface area contributed by atoms with Gasteiger partial charge in [0.25, 0.3) is 0 Å². The summed E-state index contributed by atoms with van der Waals surface area (Å²) in [5.41, 5.74) is 0.318. The molecule has 4 aromatic rings. The van der Waals surface area contributed by atoms with Crippen molar-refractivity contribution in [3.63, 3.8) is 0 Å². The summed E-state index contributed by atoms with van der Waals surface area (Å²) in [4.78, 5) is 4.63. The molecule has 0 atom stereocenters. The first-order valence-electron chi connectivity index (χ1n) is 9.20. The van der Waals surface area contributed by atoms with Crippen LogP contribution in [0.2, 0.25) is 0 Å². The smallest absolute Gasteiger partial charge is 0.330 e. The van der Waals surface area contributed by atoms with Gasteiger partial charge in [0.1, 0.15) is 0 Å². The summed E-state index contributed by atoms with van der Waals surface area (Å²) >= 11 is 0. The zero-order valence-corrected chi connectivity index (χ0v) is 16.2. The van der Waals surface area contributed by atoms with Crippen LogP contribution in [0.25, 0.3) is 32.4 Å². The second-order valence-corrected chi connectivity index (χ2v) is 8.09. The Hall–Kier alpha value is -2.43. The van der Waals surface area contributed by atoms with E-state index >= 15 is 0 Å². The van der Waals surface area contributed by atoms with Gasteiger partial charge in [-0.15, -0.1) is 0 Å². The highest BCUT2D eigenvalue weighted by atomic mass is 16.5. The normalized spacial score (nSPS) is 12.8. The van der Waals surface area contributed by atoms with Gasteiger partial charge in [0.15, 0.2) is 0 Å². The molecular weight excluding hydrogens is 333 g/mol. The molecule has 0 aliphatic rings. The summed E-state index contributed by atoms with van der Waals surface area (Å²) in [5.74, 6) is 0. The van der Waals surface area contributed by atoms with Gasteiger partial charge in [-0.2, -0.15) is 0 Å². The number of pyridine rings is 1. The Labute approximate surface area is 160 Å². The monoisotopic (exact) mass is 356 g/mol. The van der Waals surface area contributed by atoms with E-state index in [2.05, 4.69) is 47.4 Å². The molecule has 135 valence electrons. The maximum atomic E-state index is 10.3. The standard InChI is InChI=1S/C23H23BNO2/c1-22(2,26)23(3,4)27-24-18-12-11-15-7-8-16-9-10-17-6-5-13-25-21(17)20(16)19(15)14-18/h5-14,26H,1-4H3. The molecule has 0 unspecified atom stereocenters. The fraction of sp³-hybridized carbons (Fsp3) is 0.261. The van der Waals surface area contributed by atoms with E-state index in [1.165, 1.54) is 10.8 Å². The number of nitrogens with zero attached hydrogens (tertiary/aromatic N) is 1. The van der Waals surface area contributed by atoms with E-state index in [0.717, 1.165) is 27.1 Å². The van der Waals surface area contributed by atoms with Gasteiger partial charge in [-0.3, -0.25) is 4.98 Å². The van der Waals surface area contributed by atoms with Gasteiger partial charge in [0.05, 0.1) is 16.7 Å². The minimum atomic E-state index is -0.951. The van der Waals surface area contributed by atoms with Gasteiger partial charge in [0, 0.05) is 17.0 Å². The molecule has 1 heterocycles. The largest absolute Gasteiger partial charge is 0.427 e. The lowest BCUT2D eigenvalue weighted by Crippen LogP contribution is -2.49. The molecule has 0 amide bonds. The molecule has 0 aliphatic carbocycles. The number of hydrogen-bond acceptors (Lipinski definition) is 3. The minimum Gasteiger partial charge on any atom is -0.427 e. The van der Waals surface area contributed by atoms with Gasteiger partial charge >= 0.3 is 7.48 Å². The SMILES string of the molecule is CC(C)(O)C(C)(C)O[B]c1ccc2ccc3ccc4cccnc4c3c2c1. The maximum Gasteiger partial charge on any atom is 0.330 e. The molecule has 0 aliphatic heterocycles. The number of hydrogen-bond donors (Lipinski definition) is 1. The fourth-order valence-electron chi connectivity index (χ4n) is 3.13. The maximum absolute atomic E-state index is 10.3. The zero-order valence-electron chi connectivity index (χ0n) is 16.2. The summed E-state index contributed by atoms with van der Waals surface area (Å²) in [7, 11) is 1.73. The van der Waals surface area contributed by atoms with Crippen molar-refractivity contribution < 1.29 is 9.76 Å². The average Bonchev–Trinajstić information content (AvgIpc) is 2.64. The molecule has 4 heteroatoms. The van der Waals surface area contributed by atoms with E-state index in [1.807, 2.05) is 32.2 Å². The quantitative estimate of drug-likeness (QED) is 0.437. The molecule has 0 saturated heterocycles. The van der Waals surface area contributed by atoms with Crippen molar-refractivity contribution >= 4 is 45.4 Å². The lowest BCUT2D eigenvalue weighted by Gasteiger charge is -2.37. The molecule has 1 N–H and O–H groups in total. The first-order valence-corrected chi connectivity index (χ1v) is 9.20. The highest BCUT2D eigenvalue weighted by molar-refractivity contribution is 6.47. The number of aliphatic hydroxyl groups is 1. The fourth-order valence-corrected chi connectivity index (χ4v) is 3.13. The van der Waals surface area contributed by atoms with Gasteiger partial charge in [0.2, 0.25) is 0 Å². The van der Waals surface area contributed by atoms with Crippen molar-refractivity contribution in [2.45, 2.75) is 38.9 Å². The van der Waals surface area contributed by atoms with E-state index < -0.39 is 11.2 Å². The molecule has 1 radical (unpaired) electrons. The van der Waals surface area contributed by atoms with Crippen molar-refractivity contribution in [3.8, 4) is 0 Å². The minimum absolute atomic E-state index is 0.699. The Kier molecular flexibility index (Phi) is 4.21. The number of fused-ring (bicyclic) bond motifs is 5. The summed E-state index contributed by atoms with van der Waals surface area (Å²) < 4.78 is 5.94. The van der Waals surface area contributed by atoms with Crippen LogP contribution >= 0.6 is 0 Å². The summed E-state index contributed by atoms with van der Waals surface area (Å²) in [6.07, 6.45) is 1.84. The Morgan fingerprint density at radius 2 is 1.56 bits per heavy atom. The van der Waals surface area contributed by atoms with E-state index in [4.69, 9.17) is 4.65 Å². The van der Waals surface area contributed by atoms with Crippen molar-refractivity contribution in [1.82, 2.24) is 4.98 Å². The van der Waals surface area contributed by atoms with Crippen molar-refractivity contribution in [2.75, 3.05) is 0 Å². The average molecular weight is 356 g/mol. The van der Waals surface area contributed by atoms with Crippen molar-refractivity contribution in [3.05, 3.63) is 60.8 Å². The lowest BCUT2D eigenvalue weighted by atomic mass is 9.81. The first-order chi connectivity index (χ1) is 12.8. The molecule has 3 aromatic carbocycles. The Balaban J connectivity index is 1.83. The van der Waals surface area contributed by atoms with Crippen LogP contribution in [0.15, 0.2) is 60.8 Å². The van der Waals surface area contributed by atoms with Crippen LogP contribution in [-0.4, -0.2) is 28.8 Å². The second kappa shape index (κ2) is 6.33. The third kappa shape index (κ3) is 3.20. The molecular formula is C23H23BNO2. The van der Waals surface area contributed by atoms with Crippen LogP contribution in [-0.2, 0) is 4.65 Å². The number of benzene rings is 3. The van der Waals surface area contributed by atoms with E-state index in [0.29, 0.717) is 0 Å². The molecule has 3 nitrogen and oxygen atoms in total. The zero-order chi connectivity index (χ0) is 19.2. The first kappa shape index (κ1) is 18.0. The van der Waals surface area contributed by atoms with E-state index in [-0.39, 0.29) is 0 Å². The van der Waals surface area contributed by atoms with Crippen LogP contribution in [0.1, 0.15) is 27.7 Å². The summed E-state index contributed by atoms with van der Waals surface area (Å²) in [6, 6.07) is 18.9. The van der Waals surface area contributed by atoms with Crippen LogP contribution in [0.5, 0.6) is 0 Å². The van der Waals surface area contributed by atoms with Crippen LogP contribution in [0.3, 0.4) is 0 Å². The molecule has 0 spiro atoms. The van der Waals surface area contributed by atoms with Gasteiger partial charge in [-0.25, -0.2) is 0 Å². The second-order valence-electron chi connectivity index (χ2n) is 8.09. The van der Waals surface area contributed by atoms with E-state index in [1.54, 1.807) is 21.3 Å². The van der Waals surface area contributed by atoms with Crippen LogP contribution < -0.4 is 5.46 Å². The summed E-state index contributed by atoms with van der Waals surface area (Å²) in [5, 5.41) is 16.1. The van der Waals surface area contributed by atoms with Gasteiger partial charge in [-0.05, 0) is 49.9 Å². The van der Waals surface area contributed by atoms with Crippen LogP contribution in [0, 0.1) is 0 Å². The number of rotatable bonds is 4. The molecule has 1 aromatic heterocycles. The Morgan fingerprint density at radius 3 is 2.30 bits per heavy atom. The molecule has 0 fully saturated rings. The third-order valence-corrected chi connectivity index (χ3v) is 5.56. The van der Waals surface area contributed by atoms with Crippen molar-refractivity contribution in [1.29, 1.82) is 0 Å². The molecule has 27 heavy (non-hydrogen) atoms. The lowest BCUT2D eigenvalue weighted by molar-refractivity contribution is -0.0893. The molecule has 0 bridgehead atoms. The van der Waals surface area contributed by atoms with Gasteiger partial charge in [-0.1, -0.05) is 54.0 Å². The van der Waals surface area contributed by atoms with Crippen LogP contribution in [0.4, 0.5) is 0 Å². The Morgan fingerprint density at radius 1 is 0.889 bits per heavy atom. The highest BCUT2D eigenvalue weighted by Crippen LogP contribution is 2.30. The molecule has 4 rings (SSSR count). The summed E-state index contributed by atoms with van der Waals surface area (Å²) in [6.45, 7) is 7.29. The Bertz CT molecular complexity index is 1140. The van der Waals surface area contributed by atoms with E-state index in [9.17, 15) is 5.11 Å². The highest BCUT2D eigenvalue weighted by Gasteiger charge is 2.35. The predicted molar refractivity (Wildman–Crippen MR) is 114 cm³/mol. The number of aromatic nitrogens is 1. The predicted octanol–water partition coefficient (Wildman–Crippen LogP) is 4.35. The third-order valence-electron chi connectivity index (χ3n) is 5.56. The molecule has 0 saturated carbocycles. The van der Waals surface area contributed by atoms with Crippen molar-refractivity contribution in [2.24, 2.45) is 0 Å². The topological polar surface area (TPSA) is 42.4 Å².